The molecule has 0 bridgehead atoms. The first kappa shape index (κ1) is 18.2. The van der Waals surface area contributed by atoms with Crippen LogP contribution in [0.2, 0.25) is 0 Å². The van der Waals surface area contributed by atoms with E-state index in [1.807, 2.05) is 24.3 Å². The second-order valence-corrected chi connectivity index (χ2v) is 6.11. The van der Waals surface area contributed by atoms with Crippen molar-refractivity contribution < 1.29 is 19.0 Å². The highest BCUT2D eigenvalue weighted by Gasteiger charge is 2.13. The third kappa shape index (κ3) is 4.53. The van der Waals surface area contributed by atoms with Crippen LogP contribution in [-0.4, -0.2) is 51.3 Å². The third-order valence-electron chi connectivity index (χ3n) is 4.38. The largest absolute Gasteiger partial charge is 0.497 e. The maximum atomic E-state index is 12.5. The van der Waals surface area contributed by atoms with Gasteiger partial charge in [-0.15, -0.1) is 0 Å². The number of ether oxygens (including phenoxy) is 3. The Morgan fingerprint density at radius 3 is 2.46 bits per heavy atom. The predicted molar refractivity (Wildman–Crippen MR) is 100 cm³/mol. The minimum Gasteiger partial charge on any atom is -0.497 e. The van der Waals surface area contributed by atoms with Gasteiger partial charge in [0.1, 0.15) is 11.5 Å². The zero-order valence-electron chi connectivity index (χ0n) is 15.2. The van der Waals surface area contributed by atoms with E-state index in [1.165, 1.54) is 5.56 Å². The van der Waals surface area contributed by atoms with Gasteiger partial charge in [-0.1, -0.05) is 12.1 Å². The molecule has 1 heterocycles. The van der Waals surface area contributed by atoms with Crippen molar-refractivity contribution in [2.45, 2.75) is 6.54 Å². The van der Waals surface area contributed by atoms with Gasteiger partial charge in [0.15, 0.2) is 0 Å². The number of nitrogens with one attached hydrogen (secondary N) is 1. The molecule has 0 spiro atoms. The van der Waals surface area contributed by atoms with E-state index in [-0.39, 0.29) is 5.91 Å². The summed E-state index contributed by atoms with van der Waals surface area (Å²) in [5.41, 5.74) is 2.40. The van der Waals surface area contributed by atoms with Crippen molar-refractivity contribution in [3.8, 4) is 11.5 Å². The Morgan fingerprint density at radius 2 is 1.81 bits per heavy atom. The molecule has 0 unspecified atom stereocenters. The highest BCUT2D eigenvalue weighted by molar-refractivity contribution is 6.05. The van der Waals surface area contributed by atoms with Crippen molar-refractivity contribution in [2.24, 2.45) is 0 Å². The molecule has 138 valence electrons. The first-order valence-electron chi connectivity index (χ1n) is 8.62. The number of methoxy groups -OCH3 is 2. The molecule has 2 aromatic rings. The van der Waals surface area contributed by atoms with Crippen LogP contribution >= 0.6 is 0 Å². The molecule has 0 aliphatic carbocycles. The number of carbonyl (C=O) groups excluding carboxylic acids is 1. The number of amides is 1. The van der Waals surface area contributed by atoms with E-state index >= 15 is 0 Å². The molecule has 1 saturated heterocycles. The summed E-state index contributed by atoms with van der Waals surface area (Å²) >= 11 is 0. The first-order valence-corrected chi connectivity index (χ1v) is 8.62. The molecule has 0 atom stereocenters. The van der Waals surface area contributed by atoms with Gasteiger partial charge in [-0.05, 0) is 29.8 Å². The van der Waals surface area contributed by atoms with Crippen LogP contribution in [0.3, 0.4) is 0 Å². The van der Waals surface area contributed by atoms with Gasteiger partial charge >= 0.3 is 0 Å². The van der Waals surface area contributed by atoms with Crippen LogP contribution in [0.5, 0.6) is 11.5 Å². The number of anilines is 1. The molecule has 0 saturated carbocycles. The number of morpholine rings is 1. The minimum absolute atomic E-state index is 0.175. The highest BCUT2D eigenvalue weighted by Crippen LogP contribution is 2.29. The number of rotatable bonds is 6. The van der Waals surface area contributed by atoms with Crippen LogP contribution in [0, 0.1) is 0 Å². The number of benzene rings is 2. The van der Waals surface area contributed by atoms with Crippen molar-refractivity contribution in [3.05, 3.63) is 53.6 Å². The molecule has 26 heavy (non-hydrogen) atoms. The second-order valence-electron chi connectivity index (χ2n) is 6.11. The van der Waals surface area contributed by atoms with Gasteiger partial charge in [-0.2, -0.15) is 0 Å². The van der Waals surface area contributed by atoms with Gasteiger partial charge in [0.05, 0.1) is 33.1 Å². The van der Waals surface area contributed by atoms with Crippen LogP contribution in [0.25, 0.3) is 0 Å². The number of carbonyl (C=O) groups is 1. The van der Waals surface area contributed by atoms with Crippen LogP contribution < -0.4 is 14.8 Å². The Morgan fingerprint density at radius 1 is 1.08 bits per heavy atom. The lowest BCUT2D eigenvalue weighted by Gasteiger charge is -2.26. The SMILES string of the molecule is COc1ccc(NC(=O)c2ccc(CN3CCOCC3)cc2)c(OC)c1. The Balaban J connectivity index is 1.64. The number of nitrogens with zero attached hydrogens (tertiary/aromatic N) is 1. The Labute approximate surface area is 153 Å². The smallest absolute Gasteiger partial charge is 0.255 e. The molecule has 6 heteroatoms. The van der Waals surface area contributed by atoms with Crippen molar-refractivity contribution in [2.75, 3.05) is 45.8 Å². The second kappa shape index (κ2) is 8.69. The summed E-state index contributed by atoms with van der Waals surface area (Å²) in [5, 5.41) is 2.88. The molecule has 1 aliphatic rings. The van der Waals surface area contributed by atoms with E-state index in [2.05, 4.69) is 10.2 Å². The van der Waals surface area contributed by atoms with Crippen molar-refractivity contribution in [3.63, 3.8) is 0 Å². The van der Waals surface area contributed by atoms with Gasteiger partial charge < -0.3 is 19.5 Å². The monoisotopic (exact) mass is 356 g/mol. The molecular weight excluding hydrogens is 332 g/mol. The minimum atomic E-state index is -0.175. The van der Waals surface area contributed by atoms with E-state index in [9.17, 15) is 4.79 Å². The summed E-state index contributed by atoms with van der Waals surface area (Å²) in [6.45, 7) is 4.32. The maximum absolute atomic E-state index is 12.5. The van der Waals surface area contributed by atoms with E-state index in [4.69, 9.17) is 14.2 Å². The maximum Gasteiger partial charge on any atom is 0.255 e. The molecule has 1 N–H and O–H groups in total. The summed E-state index contributed by atoms with van der Waals surface area (Å²) in [4.78, 5) is 14.9. The lowest BCUT2D eigenvalue weighted by atomic mass is 10.1. The first-order chi connectivity index (χ1) is 12.7. The lowest BCUT2D eigenvalue weighted by Crippen LogP contribution is -2.35. The Kier molecular flexibility index (Phi) is 6.09. The fraction of sp³-hybridized carbons (Fsp3) is 0.350. The quantitative estimate of drug-likeness (QED) is 0.862. The fourth-order valence-corrected chi connectivity index (χ4v) is 2.88. The number of hydrogen-bond acceptors (Lipinski definition) is 5. The molecule has 1 fully saturated rings. The van der Waals surface area contributed by atoms with Crippen LogP contribution in [0.1, 0.15) is 15.9 Å². The average molecular weight is 356 g/mol. The predicted octanol–water partition coefficient (Wildman–Crippen LogP) is 2.79. The third-order valence-corrected chi connectivity index (χ3v) is 4.38. The van der Waals surface area contributed by atoms with Gasteiger partial charge in [-0.25, -0.2) is 0 Å². The van der Waals surface area contributed by atoms with Crippen LogP contribution in [0.15, 0.2) is 42.5 Å². The molecule has 6 nitrogen and oxygen atoms in total. The molecule has 0 aromatic heterocycles. The van der Waals surface area contributed by atoms with Gasteiger partial charge in [0.25, 0.3) is 5.91 Å². The van der Waals surface area contributed by atoms with Gasteiger partial charge in [-0.3, -0.25) is 9.69 Å². The van der Waals surface area contributed by atoms with Crippen molar-refractivity contribution in [1.82, 2.24) is 4.90 Å². The van der Waals surface area contributed by atoms with Crippen molar-refractivity contribution >= 4 is 11.6 Å². The molecule has 0 radical (unpaired) electrons. The van der Waals surface area contributed by atoms with Crippen LogP contribution in [0.4, 0.5) is 5.69 Å². The summed E-state index contributed by atoms with van der Waals surface area (Å²) in [6, 6.07) is 13.0. The average Bonchev–Trinajstić information content (AvgIpc) is 2.69. The van der Waals surface area contributed by atoms with E-state index in [0.29, 0.717) is 22.7 Å². The van der Waals surface area contributed by atoms with Crippen molar-refractivity contribution in [1.29, 1.82) is 0 Å². The molecule has 1 amide bonds. The van der Waals surface area contributed by atoms with Gasteiger partial charge in [0, 0.05) is 31.3 Å². The highest BCUT2D eigenvalue weighted by atomic mass is 16.5. The summed E-state index contributed by atoms with van der Waals surface area (Å²) < 4.78 is 15.9. The standard InChI is InChI=1S/C20H24N2O4/c1-24-17-7-8-18(19(13-17)25-2)21-20(23)16-5-3-15(4-6-16)14-22-9-11-26-12-10-22/h3-8,13H,9-12,14H2,1-2H3,(H,21,23). The number of hydrogen-bond donors (Lipinski definition) is 1. The zero-order chi connectivity index (χ0) is 18.4. The molecule has 1 aliphatic heterocycles. The normalized spacial score (nSPS) is 14.7. The summed E-state index contributed by atoms with van der Waals surface area (Å²) in [5.74, 6) is 1.06. The van der Waals surface area contributed by atoms with Crippen LogP contribution in [-0.2, 0) is 11.3 Å². The Hall–Kier alpha value is -2.57. The van der Waals surface area contributed by atoms with E-state index in [1.54, 1.807) is 32.4 Å². The van der Waals surface area contributed by atoms with E-state index in [0.717, 1.165) is 32.8 Å². The fourth-order valence-electron chi connectivity index (χ4n) is 2.88. The lowest BCUT2D eigenvalue weighted by molar-refractivity contribution is 0.0342. The summed E-state index contributed by atoms with van der Waals surface area (Å²) in [7, 11) is 3.15. The zero-order valence-corrected chi connectivity index (χ0v) is 15.2. The molecule has 2 aromatic carbocycles. The van der Waals surface area contributed by atoms with E-state index < -0.39 is 0 Å². The Bertz CT molecular complexity index is 740. The topological polar surface area (TPSA) is 60.0 Å². The molecule has 3 rings (SSSR count). The van der Waals surface area contributed by atoms with Gasteiger partial charge in [0.2, 0.25) is 0 Å². The summed E-state index contributed by atoms with van der Waals surface area (Å²) in [6.07, 6.45) is 0. The molecular formula is C20H24N2O4.